The van der Waals surface area contributed by atoms with Gasteiger partial charge >= 0.3 is 6.18 Å². The van der Waals surface area contributed by atoms with Crippen LogP contribution in [-0.2, 0) is 6.18 Å². The van der Waals surface area contributed by atoms with Crippen molar-refractivity contribution in [2.24, 2.45) is 0 Å². The summed E-state index contributed by atoms with van der Waals surface area (Å²) in [5, 5.41) is 3.88. The van der Waals surface area contributed by atoms with Gasteiger partial charge in [0.05, 0.1) is 19.0 Å². The Bertz CT molecular complexity index is 1590. The molecule has 41 heavy (non-hydrogen) atoms. The molecular formula is C28H25F6N5O2. The predicted molar refractivity (Wildman–Crippen MR) is 137 cm³/mol. The zero-order valence-electron chi connectivity index (χ0n) is 22.3. The van der Waals surface area contributed by atoms with E-state index in [1.54, 1.807) is 31.2 Å². The zero-order valence-corrected chi connectivity index (χ0v) is 22.3. The number of piperazine rings is 1. The maximum Gasteiger partial charge on any atom is 0.433 e. The molecule has 4 aromatic rings. The molecule has 0 radical (unpaired) electrons. The number of alkyl halides is 3. The van der Waals surface area contributed by atoms with Gasteiger partial charge in [-0.15, -0.1) is 0 Å². The van der Waals surface area contributed by atoms with Gasteiger partial charge in [0, 0.05) is 43.3 Å². The Morgan fingerprint density at radius 1 is 1.00 bits per heavy atom. The number of halogens is 6. The molecule has 0 bridgehead atoms. The number of carbonyl (C=O) groups excluding carboxylic acids is 1. The number of benzene rings is 2. The summed E-state index contributed by atoms with van der Waals surface area (Å²) in [6.45, 7) is 4.01. The van der Waals surface area contributed by atoms with Gasteiger partial charge in [-0.2, -0.15) is 18.3 Å². The summed E-state index contributed by atoms with van der Waals surface area (Å²) in [7, 11) is 1.47. The second-order valence-electron chi connectivity index (χ2n) is 9.76. The third-order valence-corrected chi connectivity index (χ3v) is 7.38. The van der Waals surface area contributed by atoms with E-state index in [0.29, 0.717) is 28.9 Å². The molecule has 0 unspecified atom stereocenters. The van der Waals surface area contributed by atoms with Crippen LogP contribution in [0.3, 0.4) is 0 Å². The molecule has 1 fully saturated rings. The van der Waals surface area contributed by atoms with Crippen molar-refractivity contribution in [2.75, 3.05) is 33.3 Å². The molecule has 1 aliphatic heterocycles. The zero-order chi connectivity index (χ0) is 29.6. The number of hydrogen-bond acceptors (Lipinski definition) is 5. The van der Waals surface area contributed by atoms with E-state index < -0.39 is 41.3 Å². The summed E-state index contributed by atoms with van der Waals surface area (Å²) in [6, 6.07) is 7.78. The van der Waals surface area contributed by atoms with Gasteiger partial charge in [-0.3, -0.25) is 9.69 Å². The van der Waals surface area contributed by atoms with Crippen LogP contribution in [0.15, 0.2) is 42.6 Å². The van der Waals surface area contributed by atoms with Gasteiger partial charge < -0.3 is 9.64 Å². The van der Waals surface area contributed by atoms with E-state index in [9.17, 15) is 31.1 Å². The van der Waals surface area contributed by atoms with Crippen LogP contribution in [-0.4, -0.2) is 63.6 Å². The summed E-state index contributed by atoms with van der Waals surface area (Å²) in [5.41, 5.74) is -0.791. The quantitative estimate of drug-likeness (QED) is 0.226. The lowest BCUT2D eigenvalue weighted by molar-refractivity contribution is -0.143. The minimum Gasteiger partial charge on any atom is -0.497 e. The van der Waals surface area contributed by atoms with Crippen molar-refractivity contribution in [3.63, 3.8) is 0 Å². The largest absolute Gasteiger partial charge is 0.497 e. The van der Waals surface area contributed by atoms with E-state index in [-0.39, 0.29) is 41.1 Å². The molecule has 1 amide bonds. The van der Waals surface area contributed by atoms with Crippen LogP contribution in [0.2, 0.25) is 0 Å². The third kappa shape index (κ3) is 5.21. The topological polar surface area (TPSA) is 63.0 Å². The van der Waals surface area contributed by atoms with Crippen LogP contribution >= 0.6 is 0 Å². The van der Waals surface area contributed by atoms with Gasteiger partial charge in [-0.05, 0) is 55.8 Å². The number of amides is 1. The van der Waals surface area contributed by atoms with E-state index >= 15 is 0 Å². The van der Waals surface area contributed by atoms with Gasteiger partial charge in [0.15, 0.2) is 28.8 Å². The van der Waals surface area contributed by atoms with Crippen molar-refractivity contribution in [2.45, 2.75) is 26.1 Å². The fourth-order valence-corrected chi connectivity index (χ4v) is 5.10. The Morgan fingerprint density at radius 2 is 1.61 bits per heavy atom. The normalized spacial score (nSPS) is 15.4. The maximum atomic E-state index is 14.2. The van der Waals surface area contributed by atoms with Crippen molar-refractivity contribution in [1.82, 2.24) is 24.4 Å². The highest BCUT2D eigenvalue weighted by molar-refractivity contribution is 6.00. The molecule has 1 atom stereocenters. The molecule has 2 aromatic heterocycles. The second-order valence-corrected chi connectivity index (χ2v) is 9.76. The molecule has 1 saturated heterocycles. The van der Waals surface area contributed by atoms with Crippen LogP contribution < -0.4 is 4.74 Å². The van der Waals surface area contributed by atoms with E-state index in [2.05, 4.69) is 10.1 Å². The summed E-state index contributed by atoms with van der Waals surface area (Å²) < 4.78 is 89.3. The van der Waals surface area contributed by atoms with Gasteiger partial charge in [0.2, 0.25) is 0 Å². The molecular weight excluding hydrogens is 552 g/mol. The number of nitrogens with zero attached hydrogens (tertiary/aromatic N) is 5. The molecule has 0 saturated carbocycles. The average molecular weight is 578 g/mol. The Morgan fingerprint density at radius 3 is 2.17 bits per heavy atom. The molecule has 0 aliphatic carbocycles. The van der Waals surface area contributed by atoms with Gasteiger partial charge in [0.1, 0.15) is 11.3 Å². The highest BCUT2D eigenvalue weighted by Crippen LogP contribution is 2.37. The summed E-state index contributed by atoms with van der Waals surface area (Å²) in [6.07, 6.45) is -3.70. The highest BCUT2D eigenvalue weighted by Gasteiger charge is 2.39. The molecule has 7 nitrogen and oxygen atoms in total. The number of ether oxygens (including phenoxy) is 1. The maximum absolute atomic E-state index is 14.2. The number of rotatable bonds is 5. The van der Waals surface area contributed by atoms with Crippen LogP contribution in [0.4, 0.5) is 26.3 Å². The number of carbonyl (C=O) groups is 1. The standard InChI is InChI=1S/C28H25F6N5O2/c1-15-24(17-4-6-19(41-3)7-5-17)36-26-20(14-35-39(26)25(15)28(32,33)34)27(40)38-10-8-37(9-11-38)16(2)18-12-21(29)23(31)22(30)13-18/h4-7,12-14,16H,8-11H2,1-3H3/t16-/m1/s1. The van der Waals surface area contributed by atoms with Crippen molar-refractivity contribution in [1.29, 1.82) is 0 Å². The second kappa shape index (κ2) is 10.7. The number of methoxy groups -OCH3 is 1. The van der Waals surface area contributed by atoms with Crippen LogP contribution in [0, 0.1) is 24.4 Å². The van der Waals surface area contributed by atoms with Gasteiger partial charge in [-0.25, -0.2) is 22.7 Å². The first kappa shape index (κ1) is 28.4. The Labute approximate surface area is 231 Å². The molecule has 3 heterocycles. The lowest BCUT2D eigenvalue weighted by Gasteiger charge is -2.38. The number of hydrogen-bond donors (Lipinski definition) is 0. The Balaban J connectivity index is 1.43. The molecule has 2 aromatic carbocycles. The van der Waals surface area contributed by atoms with Gasteiger partial charge in [-0.1, -0.05) is 0 Å². The van der Waals surface area contributed by atoms with Crippen LogP contribution in [0.1, 0.15) is 40.1 Å². The summed E-state index contributed by atoms with van der Waals surface area (Å²) >= 11 is 0. The highest BCUT2D eigenvalue weighted by atomic mass is 19.4. The van der Waals surface area contributed by atoms with E-state index in [4.69, 9.17) is 4.74 Å². The molecule has 0 N–H and O–H groups in total. The SMILES string of the molecule is COc1ccc(-c2nc3c(C(=O)N4CCN([C@H](C)c5cc(F)c(F)c(F)c5)CC4)cnn3c(C(F)(F)F)c2C)cc1. The lowest BCUT2D eigenvalue weighted by Crippen LogP contribution is -2.49. The van der Waals surface area contributed by atoms with Crippen molar-refractivity contribution in [3.05, 3.63) is 82.4 Å². The Hall–Kier alpha value is -4.13. The first-order valence-electron chi connectivity index (χ1n) is 12.7. The smallest absolute Gasteiger partial charge is 0.433 e. The molecule has 1 aliphatic rings. The predicted octanol–water partition coefficient (Wildman–Crippen LogP) is 5.67. The fourth-order valence-electron chi connectivity index (χ4n) is 5.10. The first-order valence-corrected chi connectivity index (χ1v) is 12.7. The van der Waals surface area contributed by atoms with Crippen molar-refractivity contribution >= 4 is 11.6 Å². The van der Waals surface area contributed by atoms with Crippen molar-refractivity contribution in [3.8, 4) is 17.0 Å². The molecule has 216 valence electrons. The van der Waals surface area contributed by atoms with E-state index in [0.717, 1.165) is 18.3 Å². The Kier molecular flexibility index (Phi) is 7.41. The monoisotopic (exact) mass is 577 g/mol. The third-order valence-electron chi connectivity index (χ3n) is 7.38. The lowest BCUT2D eigenvalue weighted by atomic mass is 10.0. The minimum atomic E-state index is -4.78. The van der Waals surface area contributed by atoms with Crippen LogP contribution in [0.25, 0.3) is 16.9 Å². The number of fused-ring (bicyclic) bond motifs is 1. The molecule has 0 spiro atoms. The summed E-state index contributed by atoms with van der Waals surface area (Å²) in [5.74, 6) is -4.15. The molecule has 13 heteroatoms. The van der Waals surface area contributed by atoms with E-state index in [1.807, 2.05) is 4.90 Å². The number of aromatic nitrogens is 3. The van der Waals surface area contributed by atoms with E-state index in [1.165, 1.54) is 18.9 Å². The first-order chi connectivity index (χ1) is 19.4. The average Bonchev–Trinajstić information content (AvgIpc) is 3.37. The fraction of sp³-hybridized carbons (Fsp3) is 0.321. The van der Waals surface area contributed by atoms with Crippen LogP contribution in [0.5, 0.6) is 5.75 Å². The van der Waals surface area contributed by atoms with Gasteiger partial charge in [0.25, 0.3) is 5.91 Å². The summed E-state index contributed by atoms with van der Waals surface area (Å²) in [4.78, 5) is 21.3. The minimum absolute atomic E-state index is 0.0550. The van der Waals surface area contributed by atoms with Crippen molar-refractivity contribution < 1.29 is 35.9 Å². The molecule has 5 rings (SSSR count).